The first kappa shape index (κ1) is 22.1. The molecule has 0 aliphatic rings. The predicted octanol–water partition coefficient (Wildman–Crippen LogP) is 5.22. The third-order valence-corrected chi connectivity index (χ3v) is 5.29. The van der Waals surface area contributed by atoms with Crippen LogP contribution in [0.5, 0.6) is 5.75 Å². The van der Waals surface area contributed by atoms with Crippen LogP contribution >= 0.6 is 35.0 Å². The summed E-state index contributed by atoms with van der Waals surface area (Å²) in [6, 6.07) is 10.8. The van der Waals surface area contributed by atoms with Gasteiger partial charge < -0.3 is 10.1 Å². The minimum atomic E-state index is -0.447. The second-order valence-electron chi connectivity index (χ2n) is 6.01. The smallest absolute Gasteiger partial charge is 0.234 e. The fraction of sp³-hybridized carbons (Fsp3) is 0.150. The molecule has 156 valence electrons. The van der Waals surface area contributed by atoms with Crippen LogP contribution in [0.25, 0.3) is 0 Å². The van der Waals surface area contributed by atoms with Gasteiger partial charge in [0.25, 0.3) is 0 Å². The molecule has 30 heavy (non-hydrogen) atoms. The molecule has 0 aliphatic heterocycles. The molecule has 1 amide bonds. The summed E-state index contributed by atoms with van der Waals surface area (Å²) < 4.78 is 20.6. The van der Waals surface area contributed by atoms with E-state index >= 15 is 0 Å². The quantitative estimate of drug-likeness (QED) is 0.345. The molecule has 2 aromatic carbocycles. The first-order valence-corrected chi connectivity index (χ1v) is 10.5. The van der Waals surface area contributed by atoms with Gasteiger partial charge in [0.05, 0.1) is 10.8 Å². The van der Waals surface area contributed by atoms with Gasteiger partial charge in [0.2, 0.25) is 5.91 Å². The van der Waals surface area contributed by atoms with E-state index in [4.69, 9.17) is 27.9 Å². The van der Waals surface area contributed by atoms with Gasteiger partial charge in [0.15, 0.2) is 11.0 Å². The summed E-state index contributed by atoms with van der Waals surface area (Å²) in [6.45, 7) is 4.24. The molecule has 3 rings (SSSR count). The van der Waals surface area contributed by atoms with Gasteiger partial charge in [0, 0.05) is 17.3 Å². The van der Waals surface area contributed by atoms with E-state index in [1.807, 2.05) is 0 Å². The second-order valence-corrected chi connectivity index (χ2v) is 7.79. The van der Waals surface area contributed by atoms with Crippen molar-refractivity contribution in [1.29, 1.82) is 0 Å². The number of ether oxygens (including phenoxy) is 1. The number of hydrogen-bond donors (Lipinski definition) is 1. The topological polar surface area (TPSA) is 69.0 Å². The van der Waals surface area contributed by atoms with Crippen LogP contribution in [0.15, 0.2) is 60.3 Å². The molecular formula is C20H17Cl2FN4O2S. The molecule has 0 aliphatic carbocycles. The minimum absolute atomic E-state index is 0.0709. The second kappa shape index (κ2) is 10.5. The SMILES string of the molecule is C=CCn1c(COc2ccc(F)cc2Cl)nnc1SCC(=O)Nc1cccc(Cl)c1. The number of aromatic nitrogens is 3. The molecule has 0 spiro atoms. The Morgan fingerprint density at radius 2 is 2.10 bits per heavy atom. The lowest BCUT2D eigenvalue weighted by atomic mass is 10.3. The number of rotatable bonds is 9. The van der Waals surface area contributed by atoms with Crippen molar-refractivity contribution in [2.75, 3.05) is 11.1 Å². The number of carbonyl (C=O) groups excluding carboxylic acids is 1. The number of thioether (sulfide) groups is 1. The van der Waals surface area contributed by atoms with Gasteiger partial charge in [-0.3, -0.25) is 9.36 Å². The van der Waals surface area contributed by atoms with Crippen LogP contribution in [0.4, 0.5) is 10.1 Å². The molecule has 0 fully saturated rings. The van der Waals surface area contributed by atoms with Crippen molar-refractivity contribution >= 4 is 46.6 Å². The number of amides is 1. The molecule has 10 heteroatoms. The summed E-state index contributed by atoms with van der Waals surface area (Å²) in [6.07, 6.45) is 1.69. The van der Waals surface area contributed by atoms with E-state index in [9.17, 15) is 9.18 Å². The Balaban J connectivity index is 1.63. The Bertz CT molecular complexity index is 1060. The summed E-state index contributed by atoms with van der Waals surface area (Å²) >= 11 is 13.1. The van der Waals surface area contributed by atoms with Gasteiger partial charge in [0.1, 0.15) is 18.2 Å². The highest BCUT2D eigenvalue weighted by molar-refractivity contribution is 7.99. The third kappa shape index (κ3) is 5.98. The maximum atomic E-state index is 13.2. The molecule has 0 saturated carbocycles. The van der Waals surface area contributed by atoms with Crippen molar-refractivity contribution < 1.29 is 13.9 Å². The average molecular weight is 467 g/mol. The first-order valence-electron chi connectivity index (χ1n) is 8.75. The summed E-state index contributed by atoms with van der Waals surface area (Å²) in [5, 5.41) is 12.3. The van der Waals surface area contributed by atoms with Gasteiger partial charge in [-0.2, -0.15) is 0 Å². The highest BCUT2D eigenvalue weighted by Gasteiger charge is 2.15. The Morgan fingerprint density at radius 1 is 1.27 bits per heavy atom. The predicted molar refractivity (Wildman–Crippen MR) is 117 cm³/mol. The highest BCUT2D eigenvalue weighted by atomic mass is 35.5. The normalized spacial score (nSPS) is 10.6. The van der Waals surface area contributed by atoms with Crippen LogP contribution in [-0.4, -0.2) is 26.4 Å². The van der Waals surface area contributed by atoms with Gasteiger partial charge in [-0.25, -0.2) is 4.39 Å². The van der Waals surface area contributed by atoms with Crippen molar-refractivity contribution in [3.8, 4) is 5.75 Å². The summed E-state index contributed by atoms with van der Waals surface area (Å²) in [5.74, 6) is 0.337. The van der Waals surface area contributed by atoms with Crippen molar-refractivity contribution in [3.05, 3.63) is 76.8 Å². The Kier molecular flexibility index (Phi) is 7.73. The summed E-state index contributed by atoms with van der Waals surface area (Å²) in [5.41, 5.74) is 0.617. The maximum Gasteiger partial charge on any atom is 0.234 e. The van der Waals surface area contributed by atoms with Gasteiger partial charge >= 0.3 is 0 Å². The molecule has 0 saturated heterocycles. The van der Waals surface area contributed by atoms with E-state index in [1.54, 1.807) is 34.9 Å². The van der Waals surface area contributed by atoms with Crippen molar-refractivity contribution in [1.82, 2.24) is 14.8 Å². The summed E-state index contributed by atoms with van der Waals surface area (Å²) in [4.78, 5) is 12.2. The molecule has 0 atom stereocenters. The largest absolute Gasteiger partial charge is 0.484 e. The van der Waals surface area contributed by atoms with E-state index < -0.39 is 5.82 Å². The molecule has 0 radical (unpaired) electrons. The molecule has 1 N–H and O–H groups in total. The van der Waals surface area contributed by atoms with E-state index in [0.29, 0.717) is 34.0 Å². The standard InChI is InChI=1S/C20H17Cl2FN4O2S/c1-2-8-27-18(11-29-17-7-6-14(23)10-16(17)22)25-26-20(27)30-12-19(28)24-15-5-3-4-13(21)9-15/h2-7,9-10H,1,8,11-12H2,(H,24,28). The Morgan fingerprint density at radius 3 is 2.83 bits per heavy atom. The third-order valence-electron chi connectivity index (χ3n) is 3.80. The monoisotopic (exact) mass is 466 g/mol. The Hall–Kier alpha value is -2.55. The van der Waals surface area contributed by atoms with Gasteiger partial charge in [-0.1, -0.05) is 47.1 Å². The number of nitrogens with one attached hydrogen (secondary N) is 1. The zero-order valence-corrected chi connectivity index (χ0v) is 18.0. The highest BCUT2D eigenvalue weighted by Crippen LogP contribution is 2.26. The van der Waals surface area contributed by atoms with E-state index in [-0.39, 0.29) is 23.3 Å². The fourth-order valence-corrected chi connectivity index (χ4v) is 3.65. The van der Waals surface area contributed by atoms with Crippen LogP contribution in [0.3, 0.4) is 0 Å². The lowest BCUT2D eigenvalue weighted by Crippen LogP contribution is -2.15. The lowest BCUT2D eigenvalue weighted by Gasteiger charge is -2.10. The first-order chi connectivity index (χ1) is 14.5. The van der Waals surface area contributed by atoms with Crippen LogP contribution < -0.4 is 10.1 Å². The number of hydrogen-bond acceptors (Lipinski definition) is 5. The number of carbonyl (C=O) groups is 1. The number of benzene rings is 2. The van der Waals surface area contributed by atoms with Crippen LogP contribution in [0.2, 0.25) is 10.0 Å². The van der Waals surface area contributed by atoms with Crippen molar-refractivity contribution in [2.24, 2.45) is 0 Å². The summed E-state index contributed by atoms with van der Waals surface area (Å²) in [7, 11) is 0. The minimum Gasteiger partial charge on any atom is -0.484 e. The molecule has 1 heterocycles. The zero-order chi connectivity index (χ0) is 21.5. The molecule has 0 unspecified atom stereocenters. The van der Waals surface area contributed by atoms with E-state index in [1.165, 1.54) is 30.0 Å². The van der Waals surface area contributed by atoms with Crippen LogP contribution in [-0.2, 0) is 17.9 Å². The number of halogens is 3. The van der Waals surface area contributed by atoms with Crippen molar-refractivity contribution in [2.45, 2.75) is 18.3 Å². The molecule has 3 aromatic rings. The fourth-order valence-electron chi connectivity index (χ4n) is 2.47. The van der Waals surface area contributed by atoms with Crippen molar-refractivity contribution in [3.63, 3.8) is 0 Å². The number of anilines is 1. The van der Waals surface area contributed by atoms with Crippen LogP contribution in [0, 0.1) is 5.82 Å². The van der Waals surface area contributed by atoms with E-state index in [0.717, 1.165) is 0 Å². The van der Waals surface area contributed by atoms with Gasteiger partial charge in [-0.15, -0.1) is 16.8 Å². The average Bonchev–Trinajstić information content (AvgIpc) is 3.08. The lowest BCUT2D eigenvalue weighted by molar-refractivity contribution is -0.113. The number of allylic oxidation sites excluding steroid dienone is 1. The Labute approximate surface area is 187 Å². The zero-order valence-electron chi connectivity index (χ0n) is 15.6. The molecule has 6 nitrogen and oxygen atoms in total. The maximum absolute atomic E-state index is 13.2. The van der Waals surface area contributed by atoms with E-state index in [2.05, 4.69) is 22.1 Å². The molecular weight excluding hydrogens is 450 g/mol. The number of nitrogens with zero attached hydrogens (tertiary/aromatic N) is 3. The van der Waals surface area contributed by atoms with Gasteiger partial charge in [-0.05, 0) is 36.4 Å². The molecule has 1 aromatic heterocycles. The molecule has 0 bridgehead atoms. The van der Waals surface area contributed by atoms with Crippen LogP contribution in [0.1, 0.15) is 5.82 Å².